The van der Waals surface area contributed by atoms with Gasteiger partial charge in [-0.05, 0) is 48.7 Å². The van der Waals surface area contributed by atoms with Crippen molar-refractivity contribution in [2.45, 2.75) is 12.1 Å². The number of phenols is 2. The van der Waals surface area contributed by atoms with Gasteiger partial charge in [0.15, 0.2) is 11.0 Å². The molecule has 0 atom stereocenters. The standard InChI is InChI=1S/C20H17N3O3S/c1-2-26-14-7-9-15-12(10-14)4-3-5-17(15)23-19(21-22-20(23)27)16-8-6-13(24)11-18(16)25/h3-11,24-25H,2H2,1H3,(H,22,27). The van der Waals surface area contributed by atoms with E-state index in [2.05, 4.69) is 22.8 Å². The number of phenolic OH excluding ortho intramolecular Hbond substituents is 2. The zero-order valence-electron chi connectivity index (χ0n) is 14.5. The maximum Gasteiger partial charge on any atom is 0.193 e. The lowest BCUT2D eigenvalue weighted by Gasteiger charge is -2.13. The van der Waals surface area contributed by atoms with Crippen LogP contribution in [0.3, 0.4) is 0 Å². The molecule has 0 spiro atoms. The minimum atomic E-state index is -0.0872. The van der Waals surface area contributed by atoms with Gasteiger partial charge in [-0.25, -0.2) is 0 Å². The molecule has 0 bridgehead atoms. The highest BCUT2D eigenvalue weighted by Crippen LogP contribution is 2.35. The van der Waals surface area contributed by atoms with Crippen LogP contribution in [0.1, 0.15) is 6.92 Å². The van der Waals surface area contributed by atoms with E-state index in [-0.39, 0.29) is 11.5 Å². The van der Waals surface area contributed by atoms with E-state index in [1.165, 1.54) is 12.1 Å². The number of aromatic nitrogens is 3. The summed E-state index contributed by atoms with van der Waals surface area (Å²) < 4.78 is 7.35. The topological polar surface area (TPSA) is 80.4 Å². The zero-order chi connectivity index (χ0) is 19.0. The van der Waals surface area contributed by atoms with Crippen LogP contribution >= 0.6 is 12.6 Å². The lowest BCUT2D eigenvalue weighted by atomic mass is 10.1. The quantitative estimate of drug-likeness (QED) is 0.464. The number of thiol groups is 1. The molecule has 4 rings (SSSR count). The Balaban J connectivity index is 1.93. The van der Waals surface area contributed by atoms with E-state index in [4.69, 9.17) is 4.74 Å². The van der Waals surface area contributed by atoms with Crippen molar-refractivity contribution in [3.8, 4) is 34.3 Å². The Bertz CT molecular complexity index is 1140. The summed E-state index contributed by atoms with van der Waals surface area (Å²) in [5, 5.41) is 30.4. The summed E-state index contributed by atoms with van der Waals surface area (Å²) in [6, 6.07) is 16.1. The second-order valence-electron chi connectivity index (χ2n) is 5.95. The third-order valence-corrected chi connectivity index (χ3v) is 4.54. The van der Waals surface area contributed by atoms with Crippen molar-refractivity contribution in [3.63, 3.8) is 0 Å². The van der Waals surface area contributed by atoms with Crippen LogP contribution in [0.5, 0.6) is 17.2 Å². The van der Waals surface area contributed by atoms with Gasteiger partial charge in [-0.1, -0.05) is 12.1 Å². The van der Waals surface area contributed by atoms with E-state index in [1.54, 1.807) is 10.6 Å². The zero-order valence-corrected chi connectivity index (χ0v) is 15.4. The van der Waals surface area contributed by atoms with Crippen LogP contribution in [-0.4, -0.2) is 31.6 Å². The number of aromatic hydroxyl groups is 2. The molecule has 27 heavy (non-hydrogen) atoms. The first-order chi connectivity index (χ1) is 13.1. The Morgan fingerprint density at radius 3 is 2.67 bits per heavy atom. The van der Waals surface area contributed by atoms with E-state index in [0.717, 1.165) is 22.2 Å². The Morgan fingerprint density at radius 1 is 1.04 bits per heavy atom. The van der Waals surface area contributed by atoms with Crippen molar-refractivity contribution in [2.24, 2.45) is 0 Å². The summed E-state index contributed by atoms with van der Waals surface area (Å²) in [6.45, 7) is 2.54. The van der Waals surface area contributed by atoms with E-state index in [9.17, 15) is 10.2 Å². The predicted molar refractivity (Wildman–Crippen MR) is 106 cm³/mol. The van der Waals surface area contributed by atoms with Crippen molar-refractivity contribution in [1.82, 2.24) is 14.8 Å². The van der Waals surface area contributed by atoms with E-state index < -0.39 is 0 Å². The summed E-state index contributed by atoms with van der Waals surface area (Å²) in [5.41, 5.74) is 1.27. The molecule has 136 valence electrons. The van der Waals surface area contributed by atoms with Gasteiger partial charge in [-0.3, -0.25) is 4.57 Å². The first-order valence-electron chi connectivity index (χ1n) is 8.41. The number of ether oxygens (including phenoxy) is 1. The summed E-state index contributed by atoms with van der Waals surface area (Å²) in [7, 11) is 0. The molecule has 3 aromatic carbocycles. The summed E-state index contributed by atoms with van der Waals surface area (Å²) >= 11 is 4.45. The molecule has 2 N–H and O–H groups in total. The minimum absolute atomic E-state index is 0.0259. The molecule has 0 aliphatic carbocycles. The molecule has 0 fully saturated rings. The van der Waals surface area contributed by atoms with Gasteiger partial charge in [0.05, 0.1) is 17.9 Å². The van der Waals surface area contributed by atoms with Gasteiger partial charge in [0.25, 0.3) is 0 Å². The molecular formula is C20H17N3O3S. The molecule has 1 aromatic heterocycles. The van der Waals surface area contributed by atoms with Crippen LogP contribution in [0.15, 0.2) is 59.8 Å². The fourth-order valence-electron chi connectivity index (χ4n) is 3.08. The average molecular weight is 379 g/mol. The second kappa shape index (κ2) is 6.85. The fraction of sp³-hybridized carbons (Fsp3) is 0.100. The average Bonchev–Trinajstić information content (AvgIpc) is 3.02. The number of hydrogen-bond donors (Lipinski definition) is 3. The van der Waals surface area contributed by atoms with Crippen LogP contribution < -0.4 is 4.74 Å². The lowest BCUT2D eigenvalue weighted by Crippen LogP contribution is -2.00. The normalized spacial score (nSPS) is 11.0. The Kier molecular flexibility index (Phi) is 4.37. The largest absolute Gasteiger partial charge is 0.508 e. The maximum atomic E-state index is 10.3. The molecule has 0 aliphatic rings. The van der Waals surface area contributed by atoms with Crippen LogP contribution in [0.4, 0.5) is 0 Å². The van der Waals surface area contributed by atoms with Crippen molar-refractivity contribution < 1.29 is 14.9 Å². The smallest absolute Gasteiger partial charge is 0.193 e. The van der Waals surface area contributed by atoms with Crippen LogP contribution in [0.25, 0.3) is 27.8 Å². The molecule has 0 radical (unpaired) electrons. The SMILES string of the molecule is CCOc1ccc2c(-n3c(S)nnc3-c3ccc(O)cc3O)cccc2c1. The molecule has 0 unspecified atom stereocenters. The molecule has 0 saturated carbocycles. The van der Waals surface area contributed by atoms with E-state index in [0.29, 0.717) is 23.2 Å². The third-order valence-electron chi connectivity index (χ3n) is 4.25. The number of benzene rings is 3. The fourth-order valence-corrected chi connectivity index (χ4v) is 3.32. The molecule has 4 aromatic rings. The summed E-state index contributed by atoms with van der Waals surface area (Å²) in [6.07, 6.45) is 0. The van der Waals surface area contributed by atoms with Crippen molar-refractivity contribution in [1.29, 1.82) is 0 Å². The highest BCUT2D eigenvalue weighted by atomic mass is 32.1. The first kappa shape index (κ1) is 17.2. The molecule has 6 nitrogen and oxygen atoms in total. The van der Waals surface area contributed by atoms with Crippen LogP contribution in [0, 0.1) is 0 Å². The molecule has 0 saturated heterocycles. The van der Waals surface area contributed by atoms with Gasteiger partial charge in [-0.2, -0.15) is 0 Å². The Labute approximate surface area is 161 Å². The predicted octanol–water partition coefficient (Wildman–Crippen LogP) is 4.19. The lowest BCUT2D eigenvalue weighted by molar-refractivity contribution is 0.341. The van der Waals surface area contributed by atoms with Crippen molar-refractivity contribution in [3.05, 3.63) is 54.6 Å². The first-order valence-corrected chi connectivity index (χ1v) is 8.86. The summed E-state index contributed by atoms with van der Waals surface area (Å²) in [4.78, 5) is 0. The van der Waals surface area contributed by atoms with Gasteiger partial charge in [-0.15, -0.1) is 22.8 Å². The second-order valence-corrected chi connectivity index (χ2v) is 6.35. The maximum absolute atomic E-state index is 10.3. The van der Waals surface area contributed by atoms with Gasteiger partial charge in [0.1, 0.15) is 17.2 Å². The van der Waals surface area contributed by atoms with Crippen molar-refractivity contribution >= 4 is 23.4 Å². The van der Waals surface area contributed by atoms with Crippen molar-refractivity contribution in [2.75, 3.05) is 6.61 Å². The minimum Gasteiger partial charge on any atom is -0.508 e. The van der Waals surface area contributed by atoms with Gasteiger partial charge in [0, 0.05) is 11.5 Å². The number of hydrogen-bond acceptors (Lipinski definition) is 6. The van der Waals surface area contributed by atoms with Crippen LogP contribution in [-0.2, 0) is 0 Å². The Morgan fingerprint density at radius 2 is 1.89 bits per heavy atom. The molecular weight excluding hydrogens is 362 g/mol. The number of nitrogens with zero attached hydrogens (tertiary/aromatic N) is 3. The Hall–Kier alpha value is -3.19. The van der Waals surface area contributed by atoms with Crippen LogP contribution in [0.2, 0.25) is 0 Å². The highest BCUT2D eigenvalue weighted by molar-refractivity contribution is 7.80. The molecule has 0 amide bonds. The molecule has 1 heterocycles. The number of fused-ring (bicyclic) bond motifs is 1. The molecule has 7 heteroatoms. The monoisotopic (exact) mass is 379 g/mol. The third kappa shape index (κ3) is 3.06. The summed E-state index contributed by atoms with van der Waals surface area (Å²) in [5.74, 6) is 1.12. The number of rotatable bonds is 4. The van der Waals surface area contributed by atoms with Gasteiger partial charge in [0.2, 0.25) is 0 Å². The van der Waals surface area contributed by atoms with Gasteiger partial charge >= 0.3 is 0 Å². The highest BCUT2D eigenvalue weighted by Gasteiger charge is 2.18. The van der Waals surface area contributed by atoms with E-state index >= 15 is 0 Å². The van der Waals surface area contributed by atoms with Gasteiger partial charge < -0.3 is 14.9 Å². The van der Waals surface area contributed by atoms with E-state index in [1.807, 2.05) is 43.3 Å². The molecule has 0 aliphatic heterocycles.